The minimum Gasteiger partial charge on any atom is -0.490 e. The van der Waals surface area contributed by atoms with Gasteiger partial charge in [0, 0.05) is 12.4 Å². The molecule has 0 aliphatic carbocycles. The lowest BCUT2D eigenvalue weighted by Gasteiger charge is -2.08. The molecule has 2 rings (SSSR count). The quantitative estimate of drug-likeness (QED) is 0.426. The highest BCUT2D eigenvalue weighted by Gasteiger charge is 2.06. The lowest BCUT2D eigenvalue weighted by Crippen LogP contribution is -2.14. The van der Waals surface area contributed by atoms with Gasteiger partial charge in [-0.2, -0.15) is 0 Å². The minimum atomic E-state index is -0.520. The van der Waals surface area contributed by atoms with Crippen LogP contribution in [-0.4, -0.2) is 30.0 Å². The molecule has 0 saturated heterocycles. The highest BCUT2D eigenvalue weighted by Crippen LogP contribution is 2.14. The van der Waals surface area contributed by atoms with Crippen LogP contribution in [0.3, 0.4) is 0 Å². The van der Waals surface area contributed by atoms with Gasteiger partial charge in [-0.25, -0.2) is 0 Å². The van der Waals surface area contributed by atoms with Gasteiger partial charge in [0.1, 0.15) is 31.2 Å². The molecule has 0 N–H and O–H groups in total. The molecule has 1 aromatic carbocycles. The molecule has 2 aromatic rings. The zero-order valence-corrected chi connectivity index (χ0v) is 13.0. The monoisotopic (exact) mass is 313 g/mol. The molecule has 120 valence electrons. The van der Waals surface area contributed by atoms with Crippen molar-refractivity contribution < 1.29 is 19.1 Å². The van der Waals surface area contributed by atoms with E-state index >= 15 is 0 Å². The van der Waals surface area contributed by atoms with Crippen LogP contribution in [-0.2, 0) is 20.7 Å². The largest absolute Gasteiger partial charge is 0.490 e. The highest BCUT2D eigenvalue weighted by atomic mass is 16.6. The van der Waals surface area contributed by atoms with Crippen molar-refractivity contribution in [1.29, 1.82) is 0 Å². The van der Waals surface area contributed by atoms with Crippen molar-refractivity contribution in [2.45, 2.75) is 19.8 Å². The maximum atomic E-state index is 11.2. The maximum Gasteiger partial charge on any atom is 0.313 e. The number of carbonyl (C=O) groups excluding carboxylic acids is 2. The molecule has 0 aliphatic rings. The average Bonchev–Trinajstić information content (AvgIpc) is 2.53. The van der Waals surface area contributed by atoms with Gasteiger partial charge in [-0.05, 0) is 42.7 Å². The van der Waals surface area contributed by atoms with E-state index in [2.05, 4.69) is 4.98 Å². The van der Waals surface area contributed by atoms with Crippen molar-refractivity contribution in [3.63, 3.8) is 0 Å². The topological polar surface area (TPSA) is 65.5 Å². The standard InChI is InChI=1S/C18H19NO4/c1-14(20)11-18(21)23-10-9-22-17-6-4-15(5-7-17)12-16-3-2-8-19-13-16/h2-8,13H,9-12H2,1H3. The van der Waals surface area contributed by atoms with Gasteiger partial charge in [0.05, 0.1) is 0 Å². The maximum absolute atomic E-state index is 11.2. The van der Waals surface area contributed by atoms with Gasteiger partial charge in [0.25, 0.3) is 0 Å². The molecule has 1 aromatic heterocycles. The van der Waals surface area contributed by atoms with Crippen LogP contribution >= 0.6 is 0 Å². The van der Waals surface area contributed by atoms with Crippen molar-refractivity contribution in [2.75, 3.05) is 13.2 Å². The smallest absolute Gasteiger partial charge is 0.313 e. The molecule has 0 spiro atoms. The number of benzene rings is 1. The highest BCUT2D eigenvalue weighted by molar-refractivity contribution is 5.94. The second kappa shape index (κ2) is 8.68. The third-order valence-electron chi connectivity index (χ3n) is 3.06. The van der Waals surface area contributed by atoms with Crippen LogP contribution in [0, 0.1) is 0 Å². The van der Waals surface area contributed by atoms with Crippen LogP contribution in [0.4, 0.5) is 0 Å². The van der Waals surface area contributed by atoms with Gasteiger partial charge in [0.15, 0.2) is 0 Å². The molecule has 0 aliphatic heterocycles. The first-order chi connectivity index (χ1) is 11.1. The summed E-state index contributed by atoms with van der Waals surface area (Å²) in [6.45, 7) is 1.74. The van der Waals surface area contributed by atoms with Gasteiger partial charge in [-0.15, -0.1) is 0 Å². The third kappa shape index (κ3) is 6.30. The van der Waals surface area contributed by atoms with E-state index in [1.807, 2.05) is 42.6 Å². The molecule has 0 radical (unpaired) electrons. The van der Waals surface area contributed by atoms with E-state index in [1.165, 1.54) is 12.5 Å². The van der Waals surface area contributed by atoms with Gasteiger partial charge in [-0.3, -0.25) is 14.6 Å². The third-order valence-corrected chi connectivity index (χ3v) is 3.06. The fraction of sp³-hybridized carbons (Fsp3) is 0.278. The van der Waals surface area contributed by atoms with Crippen molar-refractivity contribution in [3.05, 3.63) is 59.9 Å². The lowest BCUT2D eigenvalue weighted by molar-refractivity contribution is -0.146. The van der Waals surface area contributed by atoms with Crippen molar-refractivity contribution in [1.82, 2.24) is 4.98 Å². The second-order valence-corrected chi connectivity index (χ2v) is 5.13. The number of rotatable bonds is 8. The van der Waals surface area contributed by atoms with Crippen molar-refractivity contribution >= 4 is 11.8 Å². The minimum absolute atomic E-state index is 0.129. The number of esters is 1. The Balaban J connectivity index is 1.73. The summed E-state index contributed by atoms with van der Waals surface area (Å²) in [5, 5.41) is 0. The summed E-state index contributed by atoms with van der Waals surface area (Å²) in [6, 6.07) is 11.7. The Morgan fingerprint density at radius 2 is 1.83 bits per heavy atom. The predicted molar refractivity (Wildman–Crippen MR) is 85.2 cm³/mol. The van der Waals surface area contributed by atoms with Crippen LogP contribution < -0.4 is 4.74 Å². The summed E-state index contributed by atoms with van der Waals surface area (Å²) in [5.74, 6) is -0.0180. The van der Waals surface area contributed by atoms with E-state index in [9.17, 15) is 9.59 Å². The molecule has 0 unspecified atom stereocenters. The van der Waals surface area contributed by atoms with Gasteiger partial charge in [-0.1, -0.05) is 18.2 Å². The number of hydrogen-bond donors (Lipinski definition) is 0. The van der Waals surface area contributed by atoms with E-state index in [0.29, 0.717) is 5.75 Å². The fourth-order valence-corrected chi connectivity index (χ4v) is 2.01. The van der Waals surface area contributed by atoms with E-state index < -0.39 is 5.97 Å². The summed E-state index contributed by atoms with van der Waals surface area (Å²) in [7, 11) is 0. The molecule has 1 heterocycles. The van der Waals surface area contributed by atoms with E-state index in [-0.39, 0.29) is 25.4 Å². The Bertz CT molecular complexity index is 638. The number of hydrogen-bond acceptors (Lipinski definition) is 5. The zero-order valence-electron chi connectivity index (χ0n) is 13.0. The molecular formula is C18H19NO4. The fourth-order valence-electron chi connectivity index (χ4n) is 2.01. The Morgan fingerprint density at radius 1 is 1.04 bits per heavy atom. The van der Waals surface area contributed by atoms with E-state index in [0.717, 1.165) is 12.0 Å². The van der Waals surface area contributed by atoms with Gasteiger partial charge in [0.2, 0.25) is 0 Å². The van der Waals surface area contributed by atoms with Crippen LogP contribution in [0.25, 0.3) is 0 Å². The van der Waals surface area contributed by atoms with E-state index in [1.54, 1.807) is 6.20 Å². The normalized spacial score (nSPS) is 10.1. The molecule has 0 bridgehead atoms. The molecule has 0 amide bonds. The number of nitrogens with zero attached hydrogens (tertiary/aromatic N) is 1. The van der Waals surface area contributed by atoms with Crippen molar-refractivity contribution in [3.8, 4) is 5.75 Å². The molecule has 0 saturated carbocycles. The Labute approximate surface area is 135 Å². The number of Topliss-reactive ketones (excluding diaryl/α,β-unsaturated/α-hetero) is 1. The zero-order chi connectivity index (χ0) is 16.5. The molecular weight excluding hydrogens is 294 g/mol. The molecule has 23 heavy (non-hydrogen) atoms. The summed E-state index contributed by atoms with van der Waals surface area (Å²) in [6.07, 6.45) is 4.23. The summed E-state index contributed by atoms with van der Waals surface area (Å²) in [5.41, 5.74) is 2.32. The molecule has 5 nitrogen and oxygen atoms in total. The number of pyridine rings is 1. The molecule has 0 fully saturated rings. The predicted octanol–water partition coefficient (Wildman–Crippen LogP) is 2.57. The first-order valence-corrected chi connectivity index (χ1v) is 7.39. The van der Waals surface area contributed by atoms with Crippen LogP contribution in [0.1, 0.15) is 24.5 Å². The average molecular weight is 313 g/mol. The summed E-state index contributed by atoms with van der Waals surface area (Å²) >= 11 is 0. The SMILES string of the molecule is CC(=O)CC(=O)OCCOc1ccc(Cc2cccnc2)cc1. The first kappa shape index (κ1) is 16.7. The van der Waals surface area contributed by atoms with Crippen molar-refractivity contribution in [2.24, 2.45) is 0 Å². The number of carbonyl (C=O) groups is 2. The van der Waals surface area contributed by atoms with Gasteiger partial charge < -0.3 is 9.47 Å². The summed E-state index contributed by atoms with van der Waals surface area (Å²) in [4.78, 5) is 26.0. The van der Waals surface area contributed by atoms with Crippen LogP contribution in [0.15, 0.2) is 48.8 Å². The Morgan fingerprint density at radius 3 is 2.48 bits per heavy atom. The van der Waals surface area contributed by atoms with E-state index in [4.69, 9.17) is 9.47 Å². The van der Waals surface area contributed by atoms with Crippen LogP contribution in [0.5, 0.6) is 5.75 Å². The first-order valence-electron chi connectivity index (χ1n) is 7.39. The number of ether oxygens (including phenoxy) is 2. The van der Waals surface area contributed by atoms with Gasteiger partial charge >= 0.3 is 5.97 Å². The lowest BCUT2D eigenvalue weighted by atomic mass is 10.1. The Hall–Kier alpha value is -2.69. The molecule has 5 heteroatoms. The second-order valence-electron chi connectivity index (χ2n) is 5.13. The summed E-state index contributed by atoms with van der Waals surface area (Å²) < 4.78 is 10.4. The number of ketones is 1. The number of aromatic nitrogens is 1. The molecule has 0 atom stereocenters. The Kier molecular flexibility index (Phi) is 6.29. The van der Waals surface area contributed by atoms with Crippen LogP contribution in [0.2, 0.25) is 0 Å².